The standard InChI is InChI=1S/C11H18N2O/c1-3-11(14)8-12-7-10-5-4-9(2)6-13-10/h4-6,11-12,14H,3,7-8H2,1-2H3. The number of aromatic nitrogens is 1. The Balaban J connectivity index is 2.28. The van der Waals surface area contributed by atoms with Crippen LogP contribution in [0.4, 0.5) is 0 Å². The molecule has 0 amide bonds. The zero-order valence-corrected chi connectivity index (χ0v) is 8.83. The lowest BCUT2D eigenvalue weighted by molar-refractivity contribution is 0.167. The number of aryl methyl sites for hydroxylation is 1. The van der Waals surface area contributed by atoms with E-state index in [0.717, 1.165) is 18.7 Å². The lowest BCUT2D eigenvalue weighted by Crippen LogP contribution is -2.25. The molecule has 3 nitrogen and oxygen atoms in total. The number of hydrogen-bond acceptors (Lipinski definition) is 3. The number of nitrogens with zero attached hydrogens (tertiary/aromatic N) is 1. The Kier molecular flexibility index (Phi) is 4.56. The normalized spacial score (nSPS) is 12.8. The zero-order valence-electron chi connectivity index (χ0n) is 8.83. The molecule has 1 aromatic rings. The van der Waals surface area contributed by atoms with Gasteiger partial charge in [-0.05, 0) is 25.0 Å². The van der Waals surface area contributed by atoms with E-state index in [4.69, 9.17) is 0 Å². The quantitative estimate of drug-likeness (QED) is 0.741. The number of aliphatic hydroxyl groups excluding tert-OH is 1. The molecule has 0 aromatic carbocycles. The molecule has 0 bridgehead atoms. The first-order valence-electron chi connectivity index (χ1n) is 5.02. The number of nitrogens with one attached hydrogen (secondary N) is 1. The summed E-state index contributed by atoms with van der Waals surface area (Å²) >= 11 is 0. The maximum Gasteiger partial charge on any atom is 0.0662 e. The SMILES string of the molecule is CCC(O)CNCc1ccc(C)cn1. The largest absolute Gasteiger partial charge is 0.392 e. The third kappa shape index (κ3) is 3.85. The van der Waals surface area contributed by atoms with Gasteiger partial charge >= 0.3 is 0 Å². The van der Waals surface area contributed by atoms with E-state index in [9.17, 15) is 5.11 Å². The summed E-state index contributed by atoms with van der Waals surface area (Å²) in [5, 5.41) is 12.5. The lowest BCUT2D eigenvalue weighted by atomic mass is 10.2. The molecule has 78 valence electrons. The molecule has 1 unspecified atom stereocenters. The molecule has 1 heterocycles. The Hall–Kier alpha value is -0.930. The molecule has 0 saturated carbocycles. The van der Waals surface area contributed by atoms with Crippen molar-refractivity contribution in [1.29, 1.82) is 0 Å². The van der Waals surface area contributed by atoms with Crippen molar-refractivity contribution in [3.8, 4) is 0 Å². The summed E-state index contributed by atoms with van der Waals surface area (Å²) in [5.41, 5.74) is 2.18. The predicted molar refractivity (Wildman–Crippen MR) is 57.0 cm³/mol. The summed E-state index contributed by atoms with van der Waals surface area (Å²) in [7, 11) is 0. The monoisotopic (exact) mass is 194 g/mol. The van der Waals surface area contributed by atoms with Crippen LogP contribution in [0.2, 0.25) is 0 Å². The first-order valence-corrected chi connectivity index (χ1v) is 5.02. The summed E-state index contributed by atoms with van der Waals surface area (Å²) in [5.74, 6) is 0. The Morgan fingerprint density at radius 1 is 1.50 bits per heavy atom. The van der Waals surface area contributed by atoms with Crippen molar-refractivity contribution in [1.82, 2.24) is 10.3 Å². The second kappa shape index (κ2) is 5.73. The molecule has 1 rings (SSSR count). The molecule has 0 saturated heterocycles. The van der Waals surface area contributed by atoms with E-state index in [1.54, 1.807) is 0 Å². The van der Waals surface area contributed by atoms with Crippen molar-refractivity contribution < 1.29 is 5.11 Å². The molecule has 0 spiro atoms. The number of aliphatic hydroxyl groups is 1. The zero-order chi connectivity index (χ0) is 10.4. The van der Waals surface area contributed by atoms with Crippen molar-refractivity contribution in [2.75, 3.05) is 6.54 Å². The van der Waals surface area contributed by atoms with Gasteiger partial charge < -0.3 is 10.4 Å². The molecule has 0 aliphatic rings. The Labute approximate surface area is 85.2 Å². The summed E-state index contributed by atoms with van der Waals surface area (Å²) in [6.07, 6.45) is 2.39. The van der Waals surface area contributed by atoms with Crippen LogP contribution in [0.1, 0.15) is 24.6 Å². The van der Waals surface area contributed by atoms with Crippen molar-refractivity contribution in [3.05, 3.63) is 29.6 Å². The minimum atomic E-state index is -0.250. The van der Waals surface area contributed by atoms with Gasteiger partial charge in [-0.3, -0.25) is 4.98 Å². The van der Waals surface area contributed by atoms with Gasteiger partial charge in [0.15, 0.2) is 0 Å². The number of pyridine rings is 1. The highest BCUT2D eigenvalue weighted by Gasteiger charge is 1.99. The molecule has 1 aromatic heterocycles. The van der Waals surface area contributed by atoms with Gasteiger partial charge in [-0.15, -0.1) is 0 Å². The van der Waals surface area contributed by atoms with Gasteiger partial charge in [-0.1, -0.05) is 13.0 Å². The van der Waals surface area contributed by atoms with Crippen LogP contribution in [-0.2, 0) is 6.54 Å². The second-order valence-corrected chi connectivity index (χ2v) is 3.52. The molecule has 3 heteroatoms. The van der Waals surface area contributed by atoms with Crippen LogP contribution in [0.25, 0.3) is 0 Å². The van der Waals surface area contributed by atoms with Gasteiger partial charge in [-0.2, -0.15) is 0 Å². The Bertz CT molecular complexity index is 258. The second-order valence-electron chi connectivity index (χ2n) is 3.52. The van der Waals surface area contributed by atoms with Crippen LogP contribution in [-0.4, -0.2) is 22.7 Å². The predicted octanol–water partition coefficient (Wildman–Crippen LogP) is 1.25. The third-order valence-electron chi connectivity index (χ3n) is 2.13. The minimum Gasteiger partial charge on any atom is -0.392 e. The van der Waals surface area contributed by atoms with E-state index in [2.05, 4.69) is 10.3 Å². The minimum absolute atomic E-state index is 0.250. The van der Waals surface area contributed by atoms with Gasteiger partial charge in [-0.25, -0.2) is 0 Å². The van der Waals surface area contributed by atoms with Crippen molar-refractivity contribution in [2.24, 2.45) is 0 Å². The lowest BCUT2D eigenvalue weighted by Gasteiger charge is -2.08. The van der Waals surface area contributed by atoms with Crippen LogP contribution in [0.15, 0.2) is 18.3 Å². The molecular formula is C11H18N2O. The molecule has 0 radical (unpaired) electrons. The average Bonchev–Trinajstić information content (AvgIpc) is 2.21. The topological polar surface area (TPSA) is 45.1 Å². The van der Waals surface area contributed by atoms with Gasteiger partial charge in [0.05, 0.1) is 11.8 Å². The highest BCUT2D eigenvalue weighted by atomic mass is 16.3. The fraction of sp³-hybridized carbons (Fsp3) is 0.545. The van der Waals surface area contributed by atoms with Crippen molar-refractivity contribution >= 4 is 0 Å². The molecular weight excluding hydrogens is 176 g/mol. The van der Waals surface area contributed by atoms with Gasteiger partial charge in [0.2, 0.25) is 0 Å². The first-order chi connectivity index (χ1) is 6.72. The Morgan fingerprint density at radius 2 is 2.29 bits per heavy atom. The fourth-order valence-corrected chi connectivity index (χ4v) is 1.11. The maximum atomic E-state index is 9.30. The van der Waals surface area contributed by atoms with Crippen LogP contribution in [0, 0.1) is 6.92 Å². The molecule has 0 fully saturated rings. The summed E-state index contributed by atoms with van der Waals surface area (Å²) in [6, 6.07) is 4.04. The number of hydrogen-bond donors (Lipinski definition) is 2. The van der Waals surface area contributed by atoms with E-state index in [1.807, 2.05) is 32.2 Å². The van der Waals surface area contributed by atoms with E-state index < -0.39 is 0 Å². The average molecular weight is 194 g/mol. The molecule has 0 aliphatic heterocycles. The summed E-state index contributed by atoms with van der Waals surface area (Å²) in [4.78, 5) is 4.26. The van der Waals surface area contributed by atoms with Crippen LogP contribution in [0.5, 0.6) is 0 Å². The number of rotatable bonds is 5. The van der Waals surface area contributed by atoms with Gasteiger partial charge in [0.1, 0.15) is 0 Å². The highest BCUT2D eigenvalue weighted by molar-refractivity contribution is 5.11. The van der Waals surface area contributed by atoms with Crippen molar-refractivity contribution in [2.45, 2.75) is 32.9 Å². The van der Waals surface area contributed by atoms with E-state index in [-0.39, 0.29) is 6.10 Å². The third-order valence-corrected chi connectivity index (χ3v) is 2.13. The molecule has 0 aliphatic carbocycles. The molecule has 2 N–H and O–H groups in total. The van der Waals surface area contributed by atoms with E-state index >= 15 is 0 Å². The van der Waals surface area contributed by atoms with Crippen LogP contribution >= 0.6 is 0 Å². The fourth-order valence-electron chi connectivity index (χ4n) is 1.11. The summed E-state index contributed by atoms with van der Waals surface area (Å²) in [6.45, 7) is 5.34. The summed E-state index contributed by atoms with van der Waals surface area (Å²) < 4.78 is 0. The maximum absolute atomic E-state index is 9.30. The van der Waals surface area contributed by atoms with E-state index in [0.29, 0.717) is 6.54 Å². The Morgan fingerprint density at radius 3 is 2.86 bits per heavy atom. The molecule has 1 atom stereocenters. The highest BCUT2D eigenvalue weighted by Crippen LogP contribution is 1.98. The van der Waals surface area contributed by atoms with Gasteiger partial charge in [0.25, 0.3) is 0 Å². The van der Waals surface area contributed by atoms with Crippen molar-refractivity contribution in [3.63, 3.8) is 0 Å². The van der Waals surface area contributed by atoms with Crippen LogP contribution < -0.4 is 5.32 Å². The van der Waals surface area contributed by atoms with Gasteiger partial charge in [0, 0.05) is 19.3 Å². The molecule has 14 heavy (non-hydrogen) atoms. The van der Waals surface area contributed by atoms with Crippen LogP contribution in [0.3, 0.4) is 0 Å². The first kappa shape index (κ1) is 11.1. The van der Waals surface area contributed by atoms with E-state index in [1.165, 1.54) is 5.56 Å². The smallest absolute Gasteiger partial charge is 0.0662 e.